The zero-order chi connectivity index (χ0) is 29.3. The van der Waals surface area contributed by atoms with Gasteiger partial charge in [-0.2, -0.15) is 35.7 Å². The van der Waals surface area contributed by atoms with E-state index in [9.17, 15) is 0 Å². The van der Waals surface area contributed by atoms with E-state index in [0.29, 0.717) is 10.5 Å². The van der Waals surface area contributed by atoms with E-state index in [1.54, 1.807) is 0 Å². The third-order valence-corrected chi connectivity index (χ3v) is 9.19. The SMILES string of the molecule is CC1=[C-]C2=C(c3cc(C)cc(C)c3)C(C)SC2=C1.CC1=[C-]C2=C(c3cc(C)cc(C)c3)C(C)SC2=C1.C[Si](C)=[Hf+2].[Cl-].[Cl-]. The Morgan fingerprint density at radius 3 is 1.17 bits per heavy atom. The van der Waals surface area contributed by atoms with Gasteiger partial charge < -0.3 is 24.8 Å². The molecule has 2 aliphatic heterocycles. The number of allylic oxidation sites excluding steroid dienone is 8. The molecule has 2 heterocycles. The molecule has 0 saturated carbocycles. The van der Waals surface area contributed by atoms with Crippen molar-refractivity contribution >= 4 is 40.2 Å². The van der Waals surface area contributed by atoms with Crippen LogP contribution in [0.5, 0.6) is 0 Å². The van der Waals surface area contributed by atoms with Crippen LogP contribution in [0.3, 0.4) is 0 Å². The zero-order valence-corrected chi connectivity index (χ0v) is 34.1. The van der Waals surface area contributed by atoms with Crippen LogP contribution in [-0.2, 0) is 23.0 Å². The van der Waals surface area contributed by atoms with E-state index in [1.807, 2.05) is 23.5 Å². The number of thioether (sulfide) groups is 2. The van der Waals surface area contributed by atoms with E-state index in [2.05, 4.69) is 129 Å². The molecule has 0 radical (unpaired) electrons. The molecule has 0 nitrogen and oxygen atoms in total. The second-order valence-electron chi connectivity index (χ2n) is 11.5. The van der Waals surface area contributed by atoms with E-state index < -0.39 is 0 Å². The van der Waals surface area contributed by atoms with Gasteiger partial charge in [0.2, 0.25) is 0 Å². The van der Waals surface area contributed by atoms with Crippen LogP contribution in [0.4, 0.5) is 0 Å². The fourth-order valence-electron chi connectivity index (χ4n) is 5.64. The summed E-state index contributed by atoms with van der Waals surface area (Å²) in [5, 5.41) is 1.07. The average molecular weight is 814 g/mol. The Bertz CT molecular complexity index is 1420. The molecular weight excluding hydrogens is 774 g/mol. The summed E-state index contributed by atoms with van der Waals surface area (Å²) >= 11 is 5.37. The third-order valence-electron chi connectivity index (χ3n) is 6.86. The standard InChI is InChI=1S/2C17H17S.C2H6Si.2ClH.Hf/c2*1-10-5-11(2)7-14(6-10)17-13(4)18-16-9-12(3)8-15(16)17;1-3-2;;;/h2*5-7,9,13H,1-4H3;1-2H3;2*1H;/q2*-1;;;;+2/p-2. The van der Waals surface area contributed by atoms with Gasteiger partial charge >= 0.3 is 41.6 Å². The second kappa shape index (κ2) is 16.0. The minimum absolute atomic E-state index is 0. The molecule has 2 aromatic carbocycles. The predicted molar refractivity (Wildman–Crippen MR) is 178 cm³/mol. The Morgan fingerprint density at radius 1 is 0.595 bits per heavy atom. The van der Waals surface area contributed by atoms with Gasteiger partial charge in [-0.1, -0.05) is 97.5 Å². The summed E-state index contributed by atoms with van der Waals surface area (Å²) in [6.07, 6.45) is 11.5. The van der Waals surface area contributed by atoms with E-state index in [-0.39, 0.29) is 30.3 Å². The number of hydrogen-bond donors (Lipinski definition) is 0. The molecular formula is C36H40Cl2HfS2Si-2. The number of aryl methyl sites for hydroxylation is 4. The second-order valence-corrected chi connectivity index (χ2v) is 27.0. The normalized spacial score (nSPS) is 19.6. The number of halogens is 2. The molecule has 42 heavy (non-hydrogen) atoms. The molecule has 6 rings (SSSR count). The van der Waals surface area contributed by atoms with Crippen molar-refractivity contribution in [2.75, 3.05) is 0 Å². The summed E-state index contributed by atoms with van der Waals surface area (Å²) in [5.74, 6) is 0. The first-order chi connectivity index (χ1) is 18.8. The summed E-state index contributed by atoms with van der Waals surface area (Å²) in [7, 11) is 0. The molecule has 6 heteroatoms. The van der Waals surface area contributed by atoms with E-state index in [4.69, 9.17) is 0 Å². The van der Waals surface area contributed by atoms with Crippen molar-refractivity contribution in [2.24, 2.45) is 0 Å². The Kier molecular flexibility index (Phi) is 14.3. The summed E-state index contributed by atoms with van der Waals surface area (Å²) in [6.45, 7) is 22.2. The first kappa shape index (κ1) is 37.4. The molecule has 2 aromatic rings. The molecule has 2 aliphatic carbocycles. The van der Waals surface area contributed by atoms with Crippen LogP contribution in [-0.4, -0.2) is 16.0 Å². The van der Waals surface area contributed by atoms with E-state index in [1.165, 1.54) is 99.6 Å². The van der Waals surface area contributed by atoms with Crippen LogP contribution in [0.15, 0.2) is 80.7 Å². The number of hydrogen-bond acceptors (Lipinski definition) is 2. The maximum atomic E-state index is 3.52. The van der Waals surface area contributed by atoms with E-state index >= 15 is 0 Å². The third kappa shape index (κ3) is 9.14. The maximum Gasteiger partial charge on any atom is -1.00 e. The summed E-state index contributed by atoms with van der Waals surface area (Å²) < 4.78 is 0. The fourth-order valence-corrected chi connectivity index (χ4v) is 8.19. The van der Waals surface area contributed by atoms with Crippen LogP contribution < -0.4 is 24.8 Å². The van der Waals surface area contributed by atoms with Gasteiger partial charge in [-0.05, 0) is 38.2 Å². The van der Waals surface area contributed by atoms with Gasteiger partial charge in [-0.25, -0.2) is 0 Å². The van der Waals surface area contributed by atoms with Gasteiger partial charge in [0.1, 0.15) is 0 Å². The van der Waals surface area contributed by atoms with Crippen molar-refractivity contribution in [3.63, 3.8) is 0 Å². The first-order valence-corrected chi connectivity index (χ1v) is 23.6. The monoisotopic (exact) mass is 814 g/mol. The van der Waals surface area contributed by atoms with Crippen molar-refractivity contribution in [1.29, 1.82) is 0 Å². The van der Waals surface area contributed by atoms with Crippen molar-refractivity contribution in [3.8, 4) is 0 Å². The fraction of sp³-hybridized carbons (Fsp3) is 0.333. The van der Waals surface area contributed by atoms with Gasteiger partial charge in [0.05, 0.1) is 0 Å². The summed E-state index contributed by atoms with van der Waals surface area (Å²) in [4.78, 5) is 2.79. The number of rotatable bonds is 2. The Labute approximate surface area is 290 Å². The van der Waals surface area contributed by atoms with Gasteiger partial charge in [0.15, 0.2) is 0 Å². The molecule has 0 saturated heterocycles. The predicted octanol–water partition coefficient (Wildman–Crippen LogP) is 4.47. The average Bonchev–Trinajstić information content (AvgIpc) is 3.49. The van der Waals surface area contributed by atoms with E-state index in [0.717, 1.165) is 0 Å². The van der Waals surface area contributed by atoms with Crippen LogP contribution in [0, 0.1) is 39.8 Å². The maximum absolute atomic E-state index is 3.52. The molecule has 220 valence electrons. The quantitative estimate of drug-likeness (QED) is 0.325. The minimum Gasteiger partial charge on any atom is -1.00 e. The molecule has 4 aliphatic rings. The molecule has 2 unspecified atom stereocenters. The van der Waals surface area contributed by atoms with Crippen molar-refractivity contribution in [1.82, 2.24) is 0 Å². The van der Waals surface area contributed by atoms with Crippen molar-refractivity contribution in [3.05, 3.63) is 126 Å². The molecule has 0 N–H and O–H groups in total. The summed E-state index contributed by atoms with van der Waals surface area (Å²) in [5.41, 5.74) is 16.4. The Balaban J connectivity index is 0.000000250. The number of benzene rings is 2. The molecule has 0 spiro atoms. The molecule has 0 fully saturated rings. The summed E-state index contributed by atoms with van der Waals surface area (Å²) in [6, 6.07) is 13.7. The first-order valence-electron chi connectivity index (χ1n) is 14.0. The minimum atomic E-state index is 0. The molecule has 0 aromatic heterocycles. The van der Waals surface area contributed by atoms with Crippen LogP contribution in [0.25, 0.3) is 11.1 Å². The van der Waals surface area contributed by atoms with Gasteiger partial charge in [0, 0.05) is 0 Å². The molecule has 0 amide bonds. The van der Waals surface area contributed by atoms with Crippen LogP contribution in [0.2, 0.25) is 13.1 Å². The molecule has 2 atom stereocenters. The molecule has 0 bridgehead atoms. The largest absolute Gasteiger partial charge is 1.00 e. The van der Waals surface area contributed by atoms with Gasteiger partial charge in [-0.15, -0.1) is 55.4 Å². The topological polar surface area (TPSA) is 0 Å². The van der Waals surface area contributed by atoms with Crippen molar-refractivity contribution < 1.29 is 47.8 Å². The van der Waals surface area contributed by atoms with Gasteiger partial charge in [-0.3, -0.25) is 0 Å². The zero-order valence-electron chi connectivity index (χ0n) is 26.3. The van der Waals surface area contributed by atoms with Crippen LogP contribution >= 0.6 is 23.5 Å². The van der Waals surface area contributed by atoms with Crippen LogP contribution in [0.1, 0.15) is 61.1 Å². The Morgan fingerprint density at radius 2 is 0.881 bits per heavy atom. The van der Waals surface area contributed by atoms with Crippen molar-refractivity contribution in [2.45, 2.75) is 79.0 Å². The Hall–Kier alpha value is -0.753. The smallest absolute Gasteiger partial charge is 1.00 e. The van der Waals surface area contributed by atoms with Gasteiger partial charge in [0.25, 0.3) is 0 Å². The number of fused-ring (bicyclic) bond motifs is 2.